The Kier molecular flexibility index (Phi) is 5.00. The first-order valence-corrected chi connectivity index (χ1v) is 7.18. The Morgan fingerprint density at radius 2 is 1.68 bits per heavy atom. The fourth-order valence-corrected chi connectivity index (χ4v) is 2.52. The minimum atomic E-state index is 0. The van der Waals surface area contributed by atoms with Gasteiger partial charge in [0.25, 0.3) is 0 Å². The normalized spacial score (nSPS) is 11.0. The van der Waals surface area contributed by atoms with Crippen molar-refractivity contribution in [2.45, 2.75) is 26.2 Å². The maximum atomic E-state index is 4.52. The van der Waals surface area contributed by atoms with E-state index in [1.165, 1.54) is 5.56 Å². The quantitative estimate of drug-likeness (QED) is 0.503. The van der Waals surface area contributed by atoms with Crippen molar-refractivity contribution in [2.75, 3.05) is 0 Å². The van der Waals surface area contributed by atoms with Gasteiger partial charge in [0.1, 0.15) is 0 Å². The van der Waals surface area contributed by atoms with E-state index in [9.17, 15) is 0 Å². The van der Waals surface area contributed by atoms with Gasteiger partial charge in [-0.25, -0.2) is 0 Å². The number of hydrogen-bond donors (Lipinski definition) is 0. The first-order chi connectivity index (χ1) is 10.1. The molecule has 3 aromatic rings. The molecule has 1 aromatic heterocycles. The van der Waals surface area contributed by atoms with Crippen LogP contribution in [0, 0.1) is 6.07 Å². The summed E-state index contributed by atoms with van der Waals surface area (Å²) in [7, 11) is 0. The van der Waals surface area contributed by atoms with E-state index in [-0.39, 0.29) is 25.5 Å². The Hall–Kier alpha value is -1.70. The molecule has 0 atom stereocenters. The molecule has 0 bridgehead atoms. The van der Waals surface area contributed by atoms with Crippen LogP contribution in [0.4, 0.5) is 0 Å². The SMILES string of the molecule is CC(C)(C)c1ccc[c-]c1-n1nccc1-c1ccccc1.[Ir]. The molecule has 2 aromatic carbocycles. The Morgan fingerprint density at radius 3 is 2.36 bits per heavy atom. The van der Waals surface area contributed by atoms with Crippen molar-refractivity contribution < 1.29 is 20.1 Å². The van der Waals surface area contributed by atoms with Gasteiger partial charge in [-0.3, -0.25) is 4.68 Å². The second-order valence-corrected chi connectivity index (χ2v) is 6.18. The zero-order valence-corrected chi connectivity index (χ0v) is 15.4. The van der Waals surface area contributed by atoms with Crippen LogP contribution in [0.3, 0.4) is 0 Å². The summed E-state index contributed by atoms with van der Waals surface area (Å²) >= 11 is 0. The zero-order valence-electron chi connectivity index (χ0n) is 13.0. The monoisotopic (exact) mass is 468 g/mol. The summed E-state index contributed by atoms with van der Waals surface area (Å²) in [6.07, 6.45) is 1.84. The maximum Gasteiger partial charge on any atom is 0.0716 e. The number of para-hydroxylation sites is 1. The van der Waals surface area contributed by atoms with E-state index in [0.29, 0.717) is 0 Å². The standard InChI is InChI=1S/C19H19N2.Ir/c1-19(2,3)16-11-7-8-12-18(16)21-17(13-14-20-21)15-9-5-4-6-10-15;/h4-11,13-14H,1-3H3;/q-1;. The van der Waals surface area contributed by atoms with Gasteiger partial charge in [-0.2, -0.15) is 29.4 Å². The Bertz CT molecular complexity index is 739. The smallest absolute Gasteiger partial charge is 0.0716 e. The van der Waals surface area contributed by atoms with Crippen molar-refractivity contribution in [2.24, 2.45) is 0 Å². The van der Waals surface area contributed by atoms with E-state index >= 15 is 0 Å². The molecule has 0 saturated carbocycles. The molecular weight excluding hydrogens is 448 g/mol. The molecule has 0 amide bonds. The third kappa shape index (κ3) is 3.21. The van der Waals surface area contributed by atoms with Crippen molar-refractivity contribution in [3.8, 4) is 16.9 Å². The molecule has 0 aliphatic carbocycles. The number of nitrogens with zero attached hydrogens (tertiary/aromatic N) is 2. The fraction of sp³-hybridized carbons (Fsp3) is 0.211. The third-order valence-corrected chi connectivity index (χ3v) is 3.57. The third-order valence-electron chi connectivity index (χ3n) is 3.57. The summed E-state index contributed by atoms with van der Waals surface area (Å²) in [5, 5.41) is 4.52. The van der Waals surface area contributed by atoms with Gasteiger partial charge in [-0.1, -0.05) is 56.5 Å². The van der Waals surface area contributed by atoms with Gasteiger partial charge in [0.2, 0.25) is 0 Å². The van der Waals surface area contributed by atoms with E-state index in [1.54, 1.807) is 0 Å². The average molecular weight is 468 g/mol. The average Bonchev–Trinajstić information content (AvgIpc) is 2.96. The minimum Gasteiger partial charge on any atom is -0.258 e. The van der Waals surface area contributed by atoms with Crippen molar-refractivity contribution in [3.05, 3.63) is 72.4 Å². The van der Waals surface area contributed by atoms with Crippen LogP contribution in [0.2, 0.25) is 0 Å². The predicted molar refractivity (Wildman–Crippen MR) is 86.5 cm³/mol. The van der Waals surface area contributed by atoms with Crippen LogP contribution in [0.5, 0.6) is 0 Å². The van der Waals surface area contributed by atoms with Crippen LogP contribution in [0.25, 0.3) is 16.9 Å². The predicted octanol–water partition coefficient (Wildman–Crippen LogP) is 4.63. The van der Waals surface area contributed by atoms with E-state index in [2.05, 4.69) is 50.1 Å². The molecule has 1 heterocycles. The maximum absolute atomic E-state index is 4.52. The molecule has 0 aliphatic heterocycles. The molecule has 22 heavy (non-hydrogen) atoms. The van der Waals surface area contributed by atoms with Crippen LogP contribution in [-0.4, -0.2) is 9.78 Å². The largest absolute Gasteiger partial charge is 0.258 e. The summed E-state index contributed by atoms with van der Waals surface area (Å²) in [6, 6.07) is 21.9. The van der Waals surface area contributed by atoms with Crippen molar-refractivity contribution in [3.63, 3.8) is 0 Å². The molecular formula is C19H19IrN2-. The van der Waals surface area contributed by atoms with Crippen molar-refractivity contribution in [1.29, 1.82) is 0 Å². The first-order valence-electron chi connectivity index (χ1n) is 7.18. The summed E-state index contributed by atoms with van der Waals surface area (Å²) in [5.41, 5.74) is 4.56. The van der Waals surface area contributed by atoms with Gasteiger partial charge in [-0.15, -0.1) is 5.56 Å². The second-order valence-electron chi connectivity index (χ2n) is 6.18. The number of aromatic nitrogens is 2. The Morgan fingerprint density at radius 1 is 0.955 bits per heavy atom. The van der Waals surface area contributed by atoms with Gasteiger partial charge < -0.3 is 0 Å². The van der Waals surface area contributed by atoms with E-state index in [4.69, 9.17) is 0 Å². The summed E-state index contributed by atoms with van der Waals surface area (Å²) in [5.74, 6) is 0. The Labute approximate surface area is 145 Å². The molecule has 0 fully saturated rings. The van der Waals surface area contributed by atoms with Gasteiger partial charge in [0.05, 0.1) is 5.69 Å². The zero-order chi connectivity index (χ0) is 14.9. The molecule has 3 rings (SSSR count). The number of benzene rings is 2. The molecule has 0 saturated heterocycles. The van der Waals surface area contributed by atoms with Crippen LogP contribution < -0.4 is 0 Å². The fourth-order valence-electron chi connectivity index (χ4n) is 2.52. The molecule has 0 N–H and O–H groups in total. The van der Waals surface area contributed by atoms with Gasteiger partial charge in [0.15, 0.2) is 0 Å². The van der Waals surface area contributed by atoms with Crippen LogP contribution in [0.1, 0.15) is 26.3 Å². The van der Waals surface area contributed by atoms with Crippen molar-refractivity contribution in [1.82, 2.24) is 9.78 Å². The minimum absolute atomic E-state index is 0. The van der Waals surface area contributed by atoms with Crippen molar-refractivity contribution >= 4 is 0 Å². The van der Waals surface area contributed by atoms with Crippen LogP contribution in [0.15, 0.2) is 60.8 Å². The van der Waals surface area contributed by atoms with E-state index in [0.717, 1.165) is 16.9 Å². The molecule has 115 valence electrons. The summed E-state index contributed by atoms with van der Waals surface area (Å²) in [4.78, 5) is 0. The van der Waals surface area contributed by atoms with E-state index < -0.39 is 0 Å². The van der Waals surface area contributed by atoms with Crippen LogP contribution >= 0.6 is 0 Å². The van der Waals surface area contributed by atoms with Gasteiger partial charge >= 0.3 is 0 Å². The summed E-state index contributed by atoms with van der Waals surface area (Å²) < 4.78 is 1.98. The van der Waals surface area contributed by atoms with Crippen LogP contribution in [-0.2, 0) is 25.5 Å². The molecule has 0 unspecified atom stereocenters. The summed E-state index contributed by atoms with van der Waals surface area (Å²) in [6.45, 7) is 6.64. The molecule has 2 nitrogen and oxygen atoms in total. The van der Waals surface area contributed by atoms with E-state index in [1.807, 2.05) is 47.3 Å². The first kappa shape index (κ1) is 16.7. The molecule has 1 radical (unpaired) electrons. The molecule has 3 heteroatoms. The topological polar surface area (TPSA) is 17.8 Å². The van der Waals surface area contributed by atoms with Gasteiger partial charge in [-0.05, 0) is 11.8 Å². The second kappa shape index (κ2) is 6.60. The Balaban J connectivity index is 0.00000176. The number of rotatable bonds is 2. The molecule has 0 aliphatic rings. The molecule has 0 spiro atoms. The van der Waals surface area contributed by atoms with Gasteiger partial charge in [0, 0.05) is 31.9 Å². The number of hydrogen-bond acceptors (Lipinski definition) is 1.